The van der Waals surface area contributed by atoms with Crippen molar-refractivity contribution in [2.45, 2.75) is 70.6 Å². The van der Waals surface area contributed by atoms with Gasteiger partial charge in [-0.2, -0.15) is 0 Å². The Bertz CT molecular complexity index is 596. The van der Waals surface area contributed by atoms with E-state index in [0.717, 1.165) is 24.0 Å². The molecular formula is C18H27BN2O3. The molecule has 0 unspecified atom stereocenters. The molecular weight excluding hydrogens is 303 g/mol. The third-order valence-corrected chi connectivity index (χ3v) is 5.36. The van der Waals surface area contributed by atoms with Crippen molar-refractivity contribution < 1.29 is 14.1 Å². The van der Waals surface area contributed by atoms with Crippen LogP contribution in [0.2, 0.25) is 0 Å². The molecule has 0 bridgehead atoms. The van der Waals surface area contributed by atoms with Gasteiger partial charge in [0.25, 0.3) is 0 Å². The van der Waals surface area contributed by atoms with Crippen molar-refractivity contribution in [3.63, 3.8) is 0 Å². The normalized spacial score (nSPS) is 22.6. The molecule has 2 amide bonds. The van der Waals surface area contributed by atoms with Gasteiger partial charge < -0.3 is 19.9 Å². The highest BCUT2D eigenvalue weighted by molar-refractivity contribution is 6.62. The molecule has 0 atom stereocenters. The SMILES string of the molecule is CC1(C)OB(c2cccc(NC(=O)NC3CCCC3)c2)OC1(C)C. The lowest BCUT2D eigenvalue weighted by Gasteiger charge is -2.32. The summed E-state index contributed by atoms with van der Waals surface area (Å²) >= 11 is 0. The molecule has 1 aliphatic heterocycles. The van der Waals surface area contributed by atoms with Gasteiger partial charge in [-0.3, -0.25) is 0 Å². The van der Waals surface area contributed by atoms with Gasteiger partial charge in [-0.1, -0.05) is 25.0 Å². The van der Waals surface area contributed by atoms with Gasteiger partial charge in [0.15, 0.2) is 0 Å². The Morgan fingerprint density at radius 1 is 1.12 bits per heavy atom. The maximum absolute atomic E-state index is 12.1. The molecule has 0 radical (unpaired) electrons. The van der Waals surface area contributed by atoms with Crippen LogP contribution in [0.3, 0.4) is 0 Å². The molecule has 0 aromatic heterocycles. The second kappa shape index (κ2) is 6.41. The molecule has 1 heterocycles. The van der Waals surface area contributed by atoms with E-state index in [0.29, 0.717) is 6.04 Å². The third kappa shape index (κ3) is 3.60. The number of hydrogen-bond acceptors (Lipinski definition) is 3. The molecule has 2 aliphatic rings. The van der Waals surface area contributed by atoms with Crippen molar-refractivity contribution in [1.29, 1.82) is 0 Å². The van der Waals surface area contributed by atoms with Gasteiger partial charge in [-0.15, -0.1) is 0 Å². The van der Waals surface area contributed by atoms with Crippen LogP contribution in [0.4, 0.5) is 10.5 Å². The minimum Gasteiger partial charge on any atom is -0.399 e. The molecule has 1 aromatic rings. The topological polar surface area (TPSA) is 59.6 Å². The first-order valence-corrected chi connectivity index (χ1v) is 8.80. The first-order chi connectivity index (χ1) is 11.3. The molecule has 0 spiro atoms. The number of carbonyl (C=O) groups excluding carboxylic acids is 1. The largest absolute Gasteiger partial charge is 0.494 e. The highest BCUT2D eigenvalue weighted by atomic mass is 16.7. The summed E-state index contributed by atoms with van der Waals surface area (Å²) in [4.78, 5) is 12.1. The maximum atomic E-state index is 12.1. The number of urea groups is 1. The van der Waals surface area contributed by atoms with Crippen LogP contribution in [0.15, 0.2) is 24.3 Å². The Balaban J connectivity index is 1.65. The van der Waals surface area contributed by atoms with Crippen LogP contribution in [-0.4, -0.2) is 30.4 Å². The monoisotopic (exact) mass is 330 g/mol. The van der Waals surface area contributed by atoms with E-state index in [2.05, 4.69) is 10.6 Å². The van der Waals surface area contributed by atoms with E-state index in [9.17, 15) is 4.79 Å². The zero-order valence-corrected chi connectivity index (χ0v) is 15.0. The zero-order chi connectivity index (χ0) is 17.4. The molecule has 2 N–H and O–H groups in total. The van der Waals surface area contributed by atoms with Gasteiger partial charge in [-0.05, 0) is 58.1 Å². The quantitative estimate of drug-likeness (QED) is 0.838. The molecule has 5 nitrogen and oxygen atoms in total. The first kappa shape index (κ1) is 17.3. The first-order valence-electron chi connectivity index (χ1n) is 8.80. The van der Waals surface area contributed by atoms with E-state index < -0.39 is 7.12 Å². The highest BCUT2D eigenvalue weighted by Crippen LogP contribution is 2.36. The van der Waals surface area contributed by atoms with E-state index in [4.69, 9.17) is 9.31 Å². The molecule has 1 saturated heterocycles. The van der Waals surface area contributed by atoms with E-state index in [1.807, 2.05) is 52.0 Å². The molecule has 2 fully saturated rings. The standard InChI is InChI=1S/C18H27BN2O3/c1-17(2)18(3,4)24-19(23-17)13-8-7-11-15(12-13)21-16(22)20-14-9-5-6-10-14/h7-8,11-12,14H,5-6,9-10H2,1-4H3,(H2,20,21,22). The second-order valence-electron chi connectivity index (χ2n) is 7.79. The Kier molecular flexibility index (Phi) is 4.62. The summed E-state index contributed by atoms with van der Waals surface area (Å²) in [6, 6.07) is 7.82. The van der Waals surface area contributed by atoms with Crippen molar-refractivity contribution in [3.05, 3.63) is 24.3 Å². The van der Waals surface area contributed by atoms with Gasteiger partial charge in [0.2, 0.25) is 0 Å². The van der Waals surface area contributed by atoms with Crippen molar-refractivity contribution in [1.82, 2.24) is 5.32 Å². The van der Waals surface area contributed by atoms with Gasteiger partial charge >= 0.3 is 13.1 Å². The van der Waals surface area contributed by atoms with E-state index in [1.54, 1.807) is 0 Å². The van der Waals surface area contributed by atoms with Gasteiger partial charge in [-0.25, -0.2) is 4.79 Å². The minimum atomic E-state index is -0.422. The number of benzene rings is 1. The van der Waals surface area contributed by atoms with Crippen molar-refractivity contribution in [3.8, 4) is 0 Å². The number of amides is 2. The average molecular weight is 330 g/mol. The van der Waals surface area contributed by atoms with Gasteiger partial charge in [0, 0.05) is 11.7 Å². The molecule has 24 heavy (non-hydrogen) atoms. The average Bonchev–Trinajstić information content (AvgIpc) is 3.05. The Morgan fingerprint density at radius 3 is 2.38 bits per heavy atom. The molecule has 130 valence electrons. The minimum absolute atomic E-state index is 0.145. The fraction of sp³-hybridized carbons (Fsp3) is 0.611. The van der Waals surface area contributed by atoms with E-state index in [-0.39, 0.29) is 17.2 Å². The van der Waals surface area contributed by atoms with Crippen LogP contribution in [0, 0.1) is 0 Å². The summed E-state index contributed by atoms with van der Waals surface area (Å²) in [5, 5.41) is 5.94. The summed E-state index contributed by atoms with van der Waals surface area (Å²) in [6.45, 7) is 8.13. The van der Waals surface area contributed by atoms with Crippen LogP contribution >= 0.6 is 0 Å². The molecule has 6 heteroatoms. The second-order valence-corrected chi connectivity index (χ2v) is 7.79. The van der Waals surface area contributed by atoms with Crippen LogP contribution in [0.1, 0.15) is 53.4 Å². The summed E-state index contributed by atoms with van der Waals surface area (Å²) in [5.74, 6) is 0. The van der Waals surface area contributed by atoms with E-state index in [1.165, 1.54) is 12.8 Å². The number of rotatable bonds is 3. The summed E-state index contributed by atoms with van der Waals surface area (Å²) < 4.78 is 12.1. The summed E-state index contributed by atoms with van der Waals surface area (Å²) in [6.07, 6.45) is 4.54. The lowest BCUT2D eigenvalue weighted by atomic mass is 9.79. The van der Waals surface area contributed by atoms with Crippen LogP contribution in [0.5, 0.6) is 0 Å². The van der Waals surface area contributed by atoms with Gasteiger partial charge in [0.05, 0.1) is 11.2 Å². The summed E-state index contributed by atoms with van der Waals surface area (Å²) in [5.41, 5.74) is 0.909. The fourth-order valence-corrected chi connectivity index (χ4v) is 3.16. The number of hydrogen-bond donors (Lipinski definition) is 2. The van der Waals surface area contributed by atoms with Crippen LogP contribution in [-0.2, 0) is 9.31 Å². The summed E-state index contributed by atoms with van der Waals surface area (Å²) in [7, 11) is -0.422. The van der Waals surface area contributed by atoms with Crippen molar-refractivity contribution >= 4 is 24.3 Å². The molecule has 1 aromatic carbocycles. The number of nitrogens with one attached hydrogen (secondary N) is 2. The number of anilines is 1. The Labute approximate surface area is 144 Å². The smallest absolute Gasteiger partial charge is 0.399 e. The van der Waals surface area contributed by atoms with E-state index >= 15 is 0 Å². The predicted molar refractivity (Wildman–Crippen MR) is 96.6 cm³/mol. The number of carbonyl (C=O) groups is 1. The third-order valence-electron chi connectivity index (χ3n) is 5.36. The molecule has 1 aliphatic carbocycles. The Morgan fingerprint density at radius 2 is 1.75 bits per heavy atom. The highest BCUT2D eigenvalue weighted by Gasteiger charge is 2.51. The maximum Gasteiger partial charge on any atom is 0.494 e. The molecule has 3 rings (SSSR count). The zero-order valence-electron chi connectivity index (χ0n) is 15.0. The lowest BCUT2D eigenvalue weighted by molar-refractivity contribution is 0.00578. The van der Waals surface area contributed by atoms with Crippen LogP contribution < -0.4 is 16.1 Å². The fourth-order valence-electron chi connectivity index (χ4n) is 3.16. The molecule has 1 saturated carbocycles. The van der Waals surface area contributed by atoms with Crippen molar-refractivity contribution in [2.24, 2.45) is 0 Å². The van der Waals surface area contributed by atoms with Crippen LogP contribution in [0.25, 0.3) is 0 Å². The predicted octanol–water partition coefficient (Wildman–Crippen LogP) is 3.05. The van der Waals surface area contributed by atoms with Gasteiger partial charge in [0.1, 0.15) is 0 Å². The lowest BCUT2D eigenvalue weighted by Crippen LogP contribution is -2.41. The Hall–Kier alpha value is -1.53. The van der Waals surface area contributed by atoms with Crippen molar-refractivity contribution in [2.75, 3.05) is 5.32 Å².